The van der Waals surface area contributed by atoms with Crippen LogP contribution in [0.15, 0.2) is 35.2 Å². The maximum atomic E-state index is 13.2. The van der Waals surface area contributed by atoms with Crippen LogP contribution in [0.3, 0.4) is 0 Å². The normalized spacial score (nSPS) is 16.2. The Balaban J connectivity index is 1.95. The van der Waals surface area contributed by atoms with Gasteiger partial charge in [-0.05, 0) is 24.3 Å². The largest absolute Gasteiger partial charge is 0.492 e. The number of carbonyl (C=O) groups is 1. The Kier molecular flexibility index (Phi) is 4.68. The standard InChI is InChI=1S/C16H13F3N2O2S/c17-10-3-1-8(7-11(10)18)21-16(22)9-2-4-13(24-19)14-12(20)5-6-23-15(9)14/h1-4,7,12H,5-6,20H2,(H,21,22)/t12-/m0/s1. The summed E-state index contributed by atoms with van der Waals surface area (Å²) in [6.07, 6.45) is 0.509. The van der Waals surface area contributed by atoms with Gasteiger partial charge in [0, 0.05) is 34.7 Å². The van der Waals surface area contributed by atoms with Gasteiger partial charge < -0.3 is 15.8 Å². The average molecular weight is 354 g/mol. The van der Waals surface area contributed by atoms with Crippen LogP contribution in [0.1, 0.15) is 28.4 Å². The van der Waals surface area contributed by atoms with E-state index in [0.29, 0.717) is 23.5 Å². The van der Waals surface area contributed by atoms with Crippen molar-refractivity contribution in [3.8, 4) is 5.75 Å². The molecule has 0 saturated heterocycles. The van der Waals surface area contributed by atoms with Crippen molar-refractivity contribution >= 4 is 23.7 Å². The fourth-order valence-electron chi connectivity index (χ4n) is 2.54. The number of ether oxygens (including phenoxy) is 1. The van der Waals surface area contributed by atoms with Crippen molar-refractivity contribution in [2.45, 2.75) is 17.4 Å². The van der Waals surface area contributed by atoms with Crippen molar-refractivity contribution in [1.29, 1.82) is 0 Å². The van der Waals surface area contributed by atoms with Gasteiger partial charge in [0.25, 0.3) is 5.91 Å². The summed E-state index contributed by atoms with van der Waals surface area (Å²) in [4.78, 5) is 12.7. The first kappa shape index (κ1) is 16.7. The molecule has 0 spiro atoms. The molecule has 1 amide bonds. The second-order valence-corrected chi connectivity index (χ2v) is 5.85. The average Bonchev–Trinajstić information content (AvgIpc) is 2.57. The molecule has 1 heterocycles. The third-order valence-electron chi connectivity index (χ3n) is 3.71. The molecule has 0 aliphatic carbocycles. The molecular formula is C16H13F3N2O2S. The van der Waals surface area contributed by atoms with Gasteiger partial charge in [-0.3, -0.25) is 4.79 Å². The molecule has 8 heteroatoms. The first-order valence-corrected chi connectivity index (χ1v) is 7.83. The monoisotopic (exact) mass is 354 g/mol. The van der Waals surface area contributed by atoms with Gasteiger partial charge in [-0.15, -0.1) is 0 Å². The molecule has 4 nitrogen and oxygen atoms in total. The van der Waals surface area contributed by atoms with Gasteiger partial charge in [0.05, 0.1) is 24.3 Å². The number of halogens is 3. The summed E-state index contributed by atoms with van der Waals surface area (Å²) in [6.45, 7) is 0.306. The Hall–Kier alpha value is -2.19. The molecule has 0 saturated carbocycles. The summed E-state index contributed by atoms with van der Waals surface area (Å²) >= 11 is 0.0322. The first-order valence-electron chi connectivity index (χ1n) is 7.11. The van der Waals surface area contributed by atoms with Crippen LogP contribution < -0.4 is 15.8 Å². The minimum atomic E-state index is -1.07. The minimum Gasteiger partial charge on any atom is -0.492 e. The van der Waals surface area contributed by atoms with E-state index in [-0.39, 0.29) is 29.1 Å². The molecule has 0 bridgehead atoms. The zero-order chi connectivity index (χ0) is 17.3. The number of hydrogen-bond acceptors (Lipinski definition) is 4. The van der Waals surface area contributed by atoms with Gasteiger partial charge in [0.15, 0.2) is 11.6 Å². The third-order valence-corrected chi connectivity index (χ3v) is 4.23. The van der Waals surface area contributed by atoms with Crippen molar-refractivity contribution < 1.29 is 22.2 Å². The van der Waals surface area contributed by atoms with Crippen molar-refractivity contribution in [3.05, 3.63) is 53.1 Å². The quantitative estimate of drug-likeness (QED) is 0.875. The molecule has 3 N–H and O–H groups in total. The highest BCUT2D eigenvalue weighted by molar-refractivity contribution is 7.94. The van der Waals surface area contributed by atoms with E-state index >= 15 is 0 Å². The van der Waals surface area contributed by atoms with E-state index in [1.54, 1.807) is 0 Å². The van der Waals surface area contributed by atoms with Crippen molar-refractivity contribution in [1.82, 2.24) is 0 Å². The highest BCUT2D eigenvalue weighted by atomic mass is 32.2. The lowest BCUT2D eigenvalue weighted by Crippen LogP contribution is -2.24. The fourth-order valence-corrected chi connectivity index (χ4v) is 2.99. The number of amides is 1. The van der Waals surface area contributed by atoms with E-state index < -0.39 is 23.6 Å². The van der Waals surface area contributed by atoms with Crippen LogP contribution in [0, 0.1) is 11.6 Å². The first-order chi connectivity index (χ1) is 11.5. The zero-order valence-electron chi connectivity index (χ0n) is 12.3. The maximum absolute atomic E-state index is 13.2. The minimum absolute atomic E-state index is 0.0322. The highest BCUT2D eigenvalue weighted by Crippen LogP contribution is 2.41. The van der Waals surface area contributed by atoms with Crippen molar-refractivity contribution in [2.75, 3.05) is 11.9 Å². The second-order valence-electron chi connectivity index (χ2n) is 5.26. The van der Waals surface area contributed by atoms with Crippen LogP contribution in [-0.2, 0) is 0 Å². The van der Waals surface area contributed by atoms with Crippen LogP contribution >= 0.6 is 12.1 Å². The third kappa shape index (κ3) is 3.07. The molecule has 2 aromatic rings. The Labute approximate surface area is 140 Å². The van der Waals surface area contributed by atoms with Crippen LogP contribution in [0.25, 0.3) is 0 Å². The summed E-state index contributed by atoms with van der Waals surface area (Å²) in [5.41, 5.74) is 6.68. The number of hydrogen-bond donors (Lipinski definition) is 2. The number of rotatable bonds is 3. The van der Waals surface area contributed by atoms with E-state index in [2.05, 4.69) is 5.32 Å². The second kappa shape index (κ2) is 6.74. The molecule has 0 radical (unpaired) electrons. The van der Waals surface area contributed by atoms with Crippen molar-refractivity contribution in [3.63, 3.8) is 0 Å². The number of nitrogens with two attached hydrogens (primary N) is 1. The molecule has 0 unspecified atom stereocenters. The zero-order valence-corrected chi connectivity index (χ0v) is 13.1. The smallest absolute Gasteiger partial charge is 0.259 e. The van der Waals surface area contributed by atoms with Gasteiger partial charge >= 0.3 is 0 Å². The molecule has 3 rings (SSSR count). The maximum Gasteiger partial charge on any atom is 0.259 e. The summed E-state index contributed by atoms with van der Waals surface area (Å²) in [5.74, 6) is -2.44. The molecule has 1 aliphatic heterocycles. The van der Waals surface area contributed by atoms with E-state index in [1.807, 2.05) is 0 Å². The fraction of sp³-hybridized carbons (Fsp3) is 0.188. The molecule has 1 atom stereocenters. The summed E-state index contributed by atoms with van der Waals surface area (Å²) in [7, 11) is 0. The van der Waals surface area contributed by atoms with Gasteiger partial charge in [-0.25, -0.2) is 8.78 Å². The van der Waals surface area contributed by atoms with Crippen LogP contribution in [0.2, 0.25) is 0 Å². The molecule has 0 aromatic heterocycles. The number of fused-ring (bicyclic) bond motifs is 1. The molecule has 0 fully saturated rings. The molecule has 24 heavy (non-hydrogen) atoms. The van der Waals surface area contributed by atoms with E-state index in [0.717, 1.165) is 12.1 Å². The lowest BCUT2D eigenvalue weighted by Gasteiger charge is -2.26. The topological polar surface area (TPSA) is 64.3 Å². The highest BCUT2D eigenvalue weighted by Gasteiger charge is 2.27. The SMILES string of the molecule is N[C@H]1CCOc2c(C(=O)Nc3ccc(F)c(F)c3)ccc(SF)c21. The molecule has 126 valence electrons. The molecular weight excluding hydrogens is 341 g/mol. The Morgan fingerprint density at radius 3 is 2.75 bits per heavy atom. The van der Waals surface area contributed by atoms with Crippen molar-refractivity contribution in [2.24, 2.45) is 5.73 Å². The van der Waals surface area contributed by atoms with Crippen LogP contribution in [-0.4, -0.2) is 12.5 Å². The summed E-state index contributed by atoms with van der Waals surface area (Å²) in [5, 5.41) is 2.46. The Bertz CT molecular complexity index is 801. The number of nitrogens with one attached hydrogen (secondary N) is 1. The number of anilines is 1. The van der Waals surface area contributed by atoms with E-state index in [4.69, 9.17) is 10.5 Å². The number of benzene rings is 2. The van der Waals surface area contributed by atoms with E-state index in [1.165, 1.54) is 18.2 Å². The Morgan fingerprint density at radius 2 is 2.04 bits per heavy atom. The predicted molar refractivity (Wildman–Crippen MR) is 84.8 cm³/mol. The van der Waals surface area contributed by atoms with Gasteiger partial charge in [0.2, 0.25) is 0 Å². The van der Waals surface area contributed by atoms with E-state index in [9.17, 15) is 17.5 Å². The lowest BCUT2D eigenvalue weighted by molar-refractivity contribution is 0.102. The number of carbonyl (C=O) groups excluding carboxylic acids is 1. The molecule has 2 aromatic carbocycles. The van der Waals surface area contributed by atoms with Gasteiger partial charge in [-0.1, -0.05) is 0 Å². The lowest BCUT2D eigenvalue weighted by atomic mass is 9.97. The molecule has 1 aliphatic rings. The van der Waals surface area contributed by atoms with Gasteiger partial charge in [0.1, 0.15) is 5.75 Å². The predicted octanol–water partition coefficient (Wildman–Crippen LogP) is 3.98. The van der Waals surface area contributed by atoms with Crippen LogP contribution in [0.4, 0.5) is 18.4 Å². The Morgan fingerprint density at radius 1 is 1.25 bits per heavy atom. The van der Waals surface area contributed by atoms with Crippen LogP contribution in [0.5, 0.6) is 5.75 Å². The van der Waals surface area contributed by atoms with Gasteiger partial charge in [-0.2, -0.15) is 3.89 Å². The summed E-state index contributed by atoms with van der Waals surface area (Å²) in [6, 6.07) is 5.43. The summed E-state index contributed by atoms with van der Waals surface area (Å²) < 4.78 is 44.8.